The molecule has 3 N–H and O–H groups in total. The Hall–Kier alpha value is -2.56. The first-order valence-corrected chi connectivity index (χ1v) is 5.25. The number of rotatable bonds is 3. The largest absolute Gasteiger partial charge is 0.507 e. The summed E-state index contributed by atoms with van der Waals surface area (Å²) < 4.78 is 0. The minimum atomic E-state index is -1.60. The van der Waals surface area contributed by atoms with Gasteiger partial charge in [-0.15, -0.1) is 0 Å². The van der Waals surface area contributed by atoms with E-state index in [9.17, 15) is 14.7 Å². The topological polar surface area (TPSA) is 90.4 Å². The second-order valence-electron chi connectivity index (χ2n) is 3.95. The number of fused-ring (bicyclic) bond motifs is 1. The minimum Gasteiger partial charge on any atom is -0.507 e. The molecule has 0 amide bonds. The molecule has 1 heterocycles. The van der Waals surface area contributed by atoms with Gasteiger partial charge in [-0.1, -0.05) is 12.1 Å². The smallest absolute Gasteiger partial charge is 0.376 e. The van der Waals surface area contributed by atoms with Gasteiger partial charge in [-0.05, 0) is 18.6 Å². The Balaban J connectivity index is 2.49. The summed E-state index contributed by atoms with van der Waals surface area (Å²) in [7, 11) is 0. The van der Waals surface area contributed by atoms with E-state index in [1.807, 2.05) is 19.1 Å². The van der Waals surface area contributed by atoms with Gasteiger partial charge in [-0.2, -0.15) is 0 Å². The number of aliphatic carboxylic acids is 1. The summed E-state index contributed by atoms with van der Waals surface area (Å²) in [6.07, 6.45) is 2.23. The van der Waals surface area contributed by atoms with E-state index in [2.05, 4.69) is 4.98 Å². The van der Waals surface area contributed by atoms with Gasteiger partial charge in [0.1, 0.15) is 5.76 Å². The van der Waals surface area contributed by atoms with Crippen LogP contribution in [-0.4, -0.2) is 26.9 Å². The average Bonchev–Trinajstić information content (AvgIpc) is 2.71. The van der Waals surface area contributed by atoms with E-state index in [4.69, 9.17) is 5.11 Å². The van der Waals surface area contributed by atoms with Crippen molar-refractivity contribution in [3.63, 3.8) is 0 Å². The Labute approximate surface area is 102 Å². The SMILES string of the molecule is Cc1ccc2c(C(O)=CC(=O)C(=O)O)c[nH]c2c1. The summed E-state index contributed by atoms with van der Waals surface area (Å²) in [4.78, 5) is 24.3. The summed E-state index contributed by atoms with van der Waals surface area (Å²) >= 11 is 0. The summed E-state index contributed by atoms with van der Waals surface area (Å²) in [6, 6.07) is 5.56. The molecule has 1 aromatic carbocycles. The van der Waals surface area contributed by atoms with Crippen molar-refractivity contribution in [2.24, 2.45) is 0 Å². The molecule has 0 aliphatic rings. The molecule has 2 aromatic rings. The van der Waals surface area contributed by atoms with E-state index in [1.165, 1.54) is 6.20 Å². The Morgan fingerprint density at radius 1 is 1.28 bits per heavy atom. The van der Waals surface area contributed by atoms with Crippen LogP contribution in [0.1, 0.15) is 11.1 Å². The first-order chi connectivity index (χ1) is 8.49. The van der Waals surface area contributed by atoms with Crippen molar-refractivity contribution in [2.45, 2.75) is 6.92 Å². The van der Waals surface area contributed by atoms with Crippen LogP contribution in [0, 0.1) is 6.92 Å². The van der Waals surface area contributed by atoms with Gasteiger partial charge in [0.2, 0.25) is 0 Å². The zero-order valence-corrected chi connectivity index (χ0v) is 9.60. The third-order valence-electron chi connectivity index (χ3n) is 2.59. The van der Waals surface area contributed by atoms with Crippen LogP contribution >= 0.6 is 0 Å². The van der Waals surface area contributed by atoms with E-state index in [0.29, 0.717) is 11.6 Å². The fourth-order valence-electron chi connectivity index (χ4n) is 1.72. The van der Waals surface area contributed by atoms with Gasteiger partial charge >= 0.3 is 5.97 Å². The van der Waals surface area contributed by atoms with Gasteiger partial charge < -0.3 is 15.2 Å². The zero-order valence-electron chi connectivity index (χ0n) is 9.60. The lowest BCUT2D eigenvalue weighted by atomic mass is 10.1. The maximum Gasteiger partial charge on any atom is 0.376 e. The number of carboxylic acid groups (broad SMARTS) is 1. The number of ketones is 1. The lowest BCUT2D eigenvalue weighted by Crippen LogP contribution is -2.09. The molecular formula is C13H11NO4. The highest BCUT2D eigenvalue weighted by Crippen LogP contribution is 2.24. The first-order valence-electron chi connectivity index (χ1n) is 5.25. The highest BCUT2D eigenvalue weighted by molar-refractivity contribution is 6.38. The van der Waals surface area contributed by atoms with Crippen molar-refractivity contribution in [1.29, 1.82) is 0 Å². The Morgan fingerprint density at radius 2 is 2.00 bits per heavy atom. The van der Waals surface area contributed by atoms with Crippen molar-refractivity contribution >= 4 is 28.4 Å². The van der Waals surface area contributed by atoms with Crippen molar-refractivity contribution in [1.82, 2.24) is 4.98 Å². The highest BCUT2D eigenvalue weighted by Gasteiger charge is 2.13. The molecule has 2 rings (SSSR count). The molecular weight excluding hydrogens is 234 g/mol. The second-order valence-corrected chi connectivity index (χ2v) is 3.95. The molecule has 0 fully saturated rings. The van der Waals surface area contributed by atoms with Crippen LogP contribution in [0.3, 0.4) is 0 Å². The number of hydrogen-bond donors (Lipinski definition) is 3. The number of carbonyl (C=O) groups is 2. The van der Waals surface area contributed by atoms with Gasteiger partial charge in [0.05, 0.1) is 0 Å². The number of aryl methyl sites for hydroxylation is 1. The monoisotopic (exact) mass is 245 g/mol. The molecule has 0 saturated heterocycles. The van der Waals surface area contributed by atoms with Crippen LogP contribution in [0.5, 0.6) is 0 Å². The molecule has 0 bridgehead atoms. The highest BCUT2D eigenvalue weighted by atomic mass is 16.4. The number of carboxylic acids is 1. The van der Waals surface area contributed by atoms with E-state index >= 15 is 0 Å². The number of hydrogen-bond acceptors (Lipinski definition) is 3. The normalized spacial score (nSPS) is 11.7. The van der Waals surface area contributed by atoms with Crippen molar-refractivity contribution < 1.29 is 19.8 Å². The number of aliphatic hydroxyl groups is 1. The summed E-state index contributed by atoms with van der Waals surface area (Å²) in [6.45, 7) is 1.93. The quantitative estimate of drug-likeness (QED) is 0.438. The van der Waals surface area contributed by atoms with Crippen LogP contribution < -0.4 is 0 Å². The molecule has 5 nitrogen and oxygen atoms in total. The number of benzene rings is 1. The predicted octanol–water partition coefficient (Wildman–Crippen LogP) is 2.03. The lowest BCUT2D eigenvalue weighted by molar-refractivity contribution is -0.146. The van der Waals surface area contributed by atoms with Gasteiger partial charge in [0.15, 0.2) is 0 Å². The molecule has 0 aliphatic carbocycles. The fraction of sp³-hybridized carbons (Fsp3) is 0.0769. The van der Waals surface area contributed by atoms with Crippen LogP contribution in [-0.2, 0) is 9.59 Å². The van der Waals surface area contributed by atoms with Gasteiger partial charge in [-0.3, -0.25) is 4.79 Å². The van der Waals surface area contributed by atoms with Crippen molar-refractivity contribution in [2.75, 3.05) is 0 Å². The van der Waals surface area contributed by atoms with Gasteiger partial charge in [0.25, 0.3) is 5.78 Å². The van der Waals surface area contributed by atoms with E-state index in [1.54, 1.807) is 6.07 Å². The molecule has 0 spiro atoms. The number of aromatic nitrogens is 1. The zero-order chi connectivity index (χ0) is 13.3. The van der Waals surface area contributed by atoms with E-state index in [-0.39, 0.29) is 5.76 Å². The summed E-state index contributed by atoms with van der Waals surface area (Å²) in [5, 5.41) is 18.9. The molecule has 0 radical (unpaired) electrons. The predicted molar refractivity (Wildman–Crippen MR) is 66.3 cm³/mol. The fourth-order valence-corrected chi connectivity index (χ4v) is 1.72. The lowest BCUT2D eigenvalue weighted by Gasteiger charge is -1.98. The third kappa shape index (κ3) is 2.10. The Morgan fingerprint density at radius 3 is 2.67 bits per heavy atom. The minimum absolute atomic E-state index is 0.363. The molecule has 5 heteroatoms. The average molecular weight is 245 g/mol. The molecule has 0 aliphatic heterocycles. The number of carbonyl (C=O) groups excluding carboxylic acids is 1. The van der Waals surface area contributed by atoms with Gasteiger partial charge in [-0.25, -0.2) is 4.79 Å². The maximum atomic E-state index is 11.0. The number of aromatic amines is 1. The number of H-pyrrole nitrogens is 1. The molecule has 1 aromatic heterocycles. The molecule has 18 heavy (non-hydrogen) atoms. The molecule has 92 valence electrons. The van der Waals surface area contributed by atoms with Crippen molar-refractivity contribution in [3.05, 3.63) is 41.6 Å². The number of nitrogens with one attached hydrogen (secondary N) is 1. The summed E-state index contributed by atoms with van der Waals surface area (Å²) in [5.74, 6) is -3.12. The van der Waals surface area contributed by atoms with Crippen molar-refractivity contribution in [3.8, 4) is 0 Å². The maximum absolute atomic E-state index is 11.0. The third-order valence-corrected chi connectivity index (χ3v) is 2.59. The van der Waals surface area contributed by atoms with E-state index in [0.717, 1.165) is 16.5 Å². The van der Waals surface area contributed by atoms with Crippen LogP contribution in [0.2, 0.25) is 0 Å². The van der Waals surface area contributed by atoms with Crippen LogP contribution in [0.4, 0.5) is 0 Å². The second kappa shape index (κ2) is 4.37. The standard InChI is InChI=1S/C13H11NO4/c1-7-2-3-8-9(6-14-10(8)4-7)11(15)5-12(16)13(17)18/h2-6,14-15H,1H3,(H,17,18). The number of aliphatic hydroxyl groups excluding tert-OH is 1. The Kier molecular flexibility index (Phi) is 2.89. The summed E-state index contributed by atoms with van der Waals surface area (Å²) in [5.41, 5.74) is 2.27. The Bertz CT molecular complexity index is 667. The van der Waals surface area contributed by atoms with Crippen LogP contribution in [0.15, 0.2) is 30.5 Å². The molecule has 0 unspecified atom stereocenters. The first kappa shape index (κ1) is 11.9. The van der Waals surface area contributed by atoms with E-state index < -0.39 is 11.8 Å². The van der Waals surface area contributed by atoms with Gasteiger partial charge in [0, 0.05) is 28.7 Å². The molecule has 0 atom stereocenters. The van der Waals surface area contributed by atoms with Crippen LogP contribution in [0.25, 0.3) is 16.7 Å². The molecule has 0 saturated carbocycles.